The largest absolute Gasteiger partial charge is 0.478 e. The molecule has 116 valence electrons. The van der Waals surface area contributed by atoms with Crippen LogP contribution in [0.2, 0.25) is 0 Å². The van der Waals surface area contributed by atoms with Gasteiger partial charge in [-0.25, -0.2) is 13.2 Å². The van der Waals surface area contributed by atoms with Gasteiger partial charge in [0.2, 0.25) is 10.0 Å². The Morgan fingerprint density at radius 1 is 1.14 bits per heavy atom. The number of aromatic carboxylic acids is 1. The monoisotopic (exact) mass is 319 g/mol. The Morgan fingerprint density at radius 2 is 1.77 bits per heavy atom. The minimum atomic E-state index is -3.34. The number of benzene rings is 2. The van der Waals surface area contributed by atoms with E-state index in [1.807, 2.05) is 13.0 Å². The van der Waals surface area contributed by atoms with Crippen molar-refractivity contribution in [3.05, 3.63) is 53.6 Å². The average Bonchev–Trinajstić information content (AvgIpc) is 2.49. The van der Waals surface area contributed by atoms with Gasteiger partial charge in [-0.3, -0.25) is 4.72 Å². The van der Waals surface area contributed by atoms with Gasteiger partial charge in [0.1, 0.15) is 0 Å². The van der Waals surface area contributed by atoms with Gasteiger partial charge >= 0.3 is 5.97 Å². The molecule has 0 fully saturated rings. The van der Waals surface area contributed by atoms with Gasteiger partial charge in [0.05, 0.1) is 17.0 Å². The summed E-state index contributed by atoms with van der Waals surface area (Å²) in [5.74, 6) is -0.975. The summed E-state index contributed by atoms with van der Waals surface area (Å²) in [4.78, 5) is 10.9. The standard InChI is InChI=1S/C16H17NO4S/c1-3-22(20,21)17-15-6-4-5-14(11(15)2)12-7-9-13(10-8-12)16(18)19/h4-10,17H,3H2,1-2H3,(H,18,19). The molecule has 0 aliphatic carbocycles. The van der Waals surface area contributed by atoms with Crippen molar-refractivity contribution < 1.29 is 18.3 Å². The fraction of sp³-hybridized carbons (Fsp3) is 0.188. The maximum atomic E-state index is 11.7. The number of hydrogen-bond acceptors (Lipinski definition) is 3. The lowest BCUT2D eigenvalue weighted by Crippen LogP contribution is -2.15. The maximum absolute atomic E-state index is 11.7. The molecule has 2 rings (SSSR count). The molecule has 2 aromatic carbocycles. The highest BCUT2D eigenvalue weighted by Gasteiger charge is 2.12. The minimum absolute atomic E-state index is 0.00394. The molecule has 0 amide bonds. The minimum Gasteiger partial charge on any atom is -0.478 e. The summed E-state index contributed by atoms with van der Waals surface area (Å²) in [5, 5.41) is 8.92. The van der Waals surface area contributed by atoms with Gasteiger partial charge in [0, 0.05) is 0 Å². The van der Waals surface area contributed by atoms with Gasteiger partial charge in [-0.15, -0.1) is 0 Å². The molecule has 0 spiro atoms. The van der Waals surface area contributed by atoms with Crippen molar-refractivity contribution in [1.82, 2.24) is 0 Å². The van der Waals surface area contributed by atoms with E-state index in [-0.39, 0.29) is 11.3 Å². The van der Waals surface area contributed by atoms with Crippen molar-refractivity contribution in [1.29, 1.82) is 0 Å². The van der Waals surface area contributed by atoms with Crippen LogP contribution in [0.3, 0.4) is 0 Å². The number of anilines is 1. The summed E-state index contributed by atoms with van der Waals surface area (Å²) in [6.07, 6.45) is 0. The van der Waals surface area contributed by atoms with Crippen LogP contribution in [0.4, 0.5) is 5.69 Å². The van der Waals surface area contributed by atoms with Crippen LogP contribution in [0, 0.1) is 6.92 Å². The van der Waals surface area contributed by atoms with Crippen LogP contribution in [-0.2, 0) is 10.0 Å². The molecule has 0 aromatic heterocycles. The number of sulfonamides is 1. The highest BCUT2D eigenvalue weighted by molar-refractivity contribution is 7.92. The zero-order valence-corrected chi connectivity index (χ0v) is 13.1. The first-order valence-electron chi connectivity index (χ1n) is 6.78. The number of carboxylic acid groups (broad SMARTS) is 1. The first kappa shape index (κ1) is 16.0. The van der Waals surface area contributed by atoms with Crippen LogP contribution in [0.25, 0.3) is 11.1 Å². The smallest absolute Gasteiger partial charge is 0.335 e. The normalized spacial score (nSPS) is 11.2. The van der Waals surface area contributed by atoms with E-state index in [1.165, 1.54) is 12.1 Å². The van der Waals surface area contributed by atoms with Crippen LogP contribution in [0.5, 0.6) is 0 Å². The second kappa shape index (κ2) is 6.19. The molecule has 0 saturated heterocycles. The van der Waals surface area contributed by atoms with Crippen molar-refractivity contribution in [2.75, 3.05) is 10.5 Å². The van der Waals surface area contributed by atoms with Gasteiger partial charge < -0.3 is 5.11 Å². The van der Waals surface area contributed by atoms with Crippen LogP contribution >= 0.6 is 0 Å². The number of hydrogen-bond donors (Lipinski definition) is 2. The first-order chi connectivity index (χ1) is 10.3. The maximum Gasteiger partial charge on any atom is 0.335 e. The van der Waals surface area contributed by atoms with Crippen LogP contribution in [0.15, 0.2) is 42.5 Å². The highest BCUT2D eigenvalue weighted by Crippen LogP contribution is 2.29. The Balaban J connectivity index is 2.42. The summed E-state index contributed by atoms with van der Waals surface area (Å²) in [7, 11) is -3.34. The average molecular weight is 319 g/mol. The quantitative estimate of drug-likeness (QED) is 0.887. The van der Waals surface area contributed by atoms with Crippen LogP contribution in [0.1, 0.15) is 22.8 Å². The number of carbonyl (C=O) groups is 1. The molecule has 6 heteroatoms. The molecule has 0 heterocycles. The van der Waals surface area contributed by atoms with E-state index in [1.54, 1.807) is 31.2 Å². The van der Waals surface area contributed by atoms with Crippen molar-refractivity contribution in [3.63, 3.8) is 0 Å². The molecule has 0 atom stereocenters. The Labute approximate surface area is 129 Å². The lowest BCUT2D eigenvalue weighted by molar-refractivity contribution is 0.0697. The predicted octanol–water partition coefficient (Wildman–Crippen LogP) is 3.12. The van der Waals surface area contributed by atoms with E-state index in [2.05, 4.69) is 4.72 Å². The SMILES string of the molecule is CCS(=O)(=O)Nc1cccc(-c2ccc(C(=O)O)cc2)c1C. The summed E-state index contributed by atoms with van der Waals surface area (Å²) < 4.78 is 26.0. The van der Waals surface area contributed by atoms with Crippen LogP contribution < -0.4 is 4.72 Å². The number of nitrogens with one attached hydrogen (secondary N) is 1. The van der Waals surface area contributed by atoms with Crippen molar-refractivity contribution in [2.24, 2.45) is 0 Å². The fourth-order valence-corrected chi connectivity index (χ4v) is 2.79. The third-order valence-electron chi connectivity index (χ3n) is 3.42. The molecular formula is C16H17NO4S. The van der Waals surface area contributed by atoms with E-state index >= 15 is 0 Å². The molecule has 0 radical (unpaired) electrons. The first-order valence-corrected chi connectivity index (χ1v) is 8.43. The van der Waals surface area contributed by atoms with Crippen molar-refractivity contribution in [3.8, 4) is 11.1 Å². The summed E-state index contributed by atoms with van der Waals surface area (Å²) in [6, 6.07) is 11.8. The Morgan fingerprint density at radius 3 is 2.32 bits per heavy atom. The molecular weight excluding hydrogens is 302 g/mol. The summed E-state index contributed by atoms with van der Waals surface area (Å²) >= 11 is 0. The molecule has 0 saturated carbocycles. The number of carboxylic acids is 1. The molecule has 0 aliphatic heterocycles. The van der Waals surface area contributed by atoms with Crippen LogP contribution in [-0.4, -0.2) is 25.2 Å². The van der Waals surface area contributed by atoms with E-state index in [0.29, 0.717) is 5.69 Å². The van der Waals surface area contributed by atoms with E-state index in [4.69, 9.17) is 5.11 Å². The lowest BCUT2D eigenvalue weighted by Gasteiger charge is -2.13. The fourth-order valence-electron chi connectivity index (χ4n) is 2.09. The zero-order valence-electron chi connectivity index (χ0n) is 12.3. The Hall–Kier alpha value is -2.34. The van der Waals surface area contributed by atoms with Gasteiger partial charge in [-0.1, -0.05) is 24.3 Å². The van der Waals surface area contributed by atoms with Gasteiger partial charge in [-0.2, -0.15) is 0 Å². The van der Waals surface area contributed by atoms with Gasteiger partial charge in [0.25, 0.3) is 0 Å². The second-order valence-electron chi connectivity index (χ2n) is 4.87. The molecule has 22 heavy (non-hydrogen) atoms. The Kier molecular flexibility index (Phi) is 4.51. The molecule has 2 aromatic rings. The molecule has 0 unspecified atom stereocenters. The van der Waals surface area contributed by atoms with E-state index < -0.39 is 16.0 Å². The zero-order chi connectivity index (χ0) is 16.3. The molecule has 2 N–H and O–H groups in total. The van der Waals surface area contributed by atoms with Gasteiger partial charge in [0.15, 0.2) is 0 Å². The van der Waals surface area contributed by atoms with E-state index in [0.717, 1.165) is 16.7 Å². The lowest BCUT2D eigenvalue weighted by atomic mass is 9.98. The summed E-state index contributed by atoms with van der Waals surface area (Å²) in [5.41, 5.74) is 3.22. The van der Waals surface area contributed by atoms with E-state index in [9.17, 15) is 13.2 Å². The molecule has 5 nitrogen and oxygen atoms in total. The highest BCUT2D eigenvalue weighted by atomic mass is 32.2. The van der Waals surface area contributed by atoms with Crippen molar-refractivity contribution >= 4 is 21.7 Å². The number of rotatable bonds is 5. The Bertz CT molecular complexity index is 795. The third kappa shape index (κ3) is 3.46. The summed E-state index contributed by atoms with van der Waals surface area (Å²) in [6.45, 7) is 3.40. The second-order valence-corrected chi connectivity index (χ2v) is 6.88. The van der Waals surface area contributed by atoms with Gasteiger partial charge in [-0.05, 0) is 48.7 Å². The third-order valence-corrected chi connectivity index (χ3v) is 4.71. The molecule has 0 bridgehead atoms. The van der Waals surface area contributed by atoms with Crippen molar-refractivity contribution in [2.45, 2.75) is 13.8 Å². The predicted molar refractivity (Wildman–Crippen MR) is 86.7 cm³/mol. The molecule has 0 aliphatic rings. The topological polar surface area (TPSA) is 83.5 Å².